The van der Waals surface area contributed by atoms with Gasteiger partial charge in [-0.1, -0.05) is 19.3 Å². The molecule has 1 aliphatic rings. The van der Waals surface area contributed by atoms with Crippen molar-refractivity contribution in [1.82, 2.24) is 4.90 Å². The van der Waals surface area contributed by atoms with Crippen molar-refractivity contribution in [2.75, 3.05) is 26.3 Å². The molecule has 3 nitrogen and oxygen atoms in total. The molecule has 3 heteroatoms. The van der Waals surface area contributed by atoms with Crippen molar-refractivity contribution in [2.24, 2.45) is 5.41 Å². The van der Waals surface area contributed by atoms with Crippen molar-refractivity contribution in [3.05, 3.63) is 0 Å². The summed E-state index contributed by atoms with van der Waals surface area (Å²) in [4.78, 5) is 2.29. The SMILES string of the molecule is CC(C)N(CCO)CC1(CO)CCCCC1. The van der Waals surface area contributed by atoms with Gasteiger partial charge < -0.3 is 10.2 Å². The Labute approximate surface area is 99.5 Å². The molecule has 16 heavy (non-hydrogen) atoms. The molecule has 0 aliphatic heterocycles. The van der Waals surface area contributed by atoms with Gasteiger partial charge in [-0.25, -0.2) is 0 Å². The first kappa shape index (κ1) is 13.9. The number of nitrogens with zero attached hydrogens (tertiary/aromatic N) is 1. The highest BCUT2D eigenvalue weighted by atomic mass is 16.3. The number of hydrogen-bond donors (Lipinski definition) is 2. The summed E-state index contributed by atoms with van der Waals surface area (Å²) in [6.45, 7) is 6.47. The fourth-order valence-corrected chi connectivity index (χ4v) is 2.75. The molecule has 0 aromatic rings. The molecule has 0 radical (unpaired) electrons. The van der Waals surface area contributed by atoms with Crippen molar-refractivity contribution in [3.63, 3.8) is 0 Å². The van der Waals surface area contributed by atoms with Gasteiger partial charge >= 0.3 is 0 Å². The van der Waals surface area contributed by atoms with Crippen LogP contribution in [0.1, 0.15) is 46.0 Å². The van der Waals surface area contributed by atoms with Crippen molar-refractivity contribution in [2.45, 2.75) is 52.0 Å². The lowest BCUT2D eigenvalue weighted by Gasteiger charge is -2.41. The third-order valence-corrected chi connectivity index (χ3v) is 3.91. The summed E-state index contributed by atoms with van der Waals surface area (Å²) < 4.78 is 0. The maximum atomic E-state index is 9.65. The highest BCUT2D eigenvalue weighted by Crippen LogP contribution is 2.36. The summed E-state index contributed by atoms with van der Waals surface area (Å²) in [5.74, 6) is 0. The molecule has 0 atom stereocenters. The standard InChI is InChI=1S/C13H27NO2/c1-12(2)14(8-9-15)10-13(11-16)6-4-3-5-7-13/h12,15-16H,3-11H2,1-2H3. The summed E-state index contributed by atoms with van der Waals surface area (Å²) in [5.41, 5.74) is 0.0949. The summed E-state index contributed by atoms with van der Waals surface area (Å²) in [6, 6.07) is 0.442. The van der Waals surface area contributed by atoms with Crippen LogP contribution in [0.4, 0.5) is 0 Å². The predicted octanol–water partition coefficient (Wildman–Crippen LogP) is 1.63. The lowest BCUT2D eigenvalue weighted by Crippen LogP contribution is -2.45. The van der Waals surface area contributed by atoms with E-state index < -0.39 is 0 Å². The van der Waals surface area contributed by atoms with Crippen LogP contribution >= 0.6 is 0 Å². The molecule has 0 saturated heterocycles. The van der Waals surface area contributed by atoms with Crippen molar-refractivity contribution in [3.8, 4) is 0 Å². The van der Waals surface area contributed by atoms with E-state index in [2.05, 4.69) is 18.7 Å². The molecule has 0 unspecified atom stereocenters. The number of aliphatic hydroxyl groups excluding tert-OH is 2. The van der Waals surface area contributed by atoms with Crippen LogP contribution in [0.5, 0.6) is 0 Å². The summed E-state index contributed by atoms with van der Waals surface area (Å²) in [7, 11) is 0. The Morgan fingerprint density at radius 2 is 1.75 bits per heavy atom. The normalized spacial score (nSPS) is 20.6. The van der Waals surface area contributed by atoms with E-state index in [1.54, 1.807) is 0 Å². The smallest absolute Gasteiger partial charge is 0.0558 e. The second kappa shape index (κ2) is 6.58. The molecule has 1 aliphatic carbocycles. The maximum Gasteiger partial charge on any atom is 0.0558 e. The lowest BCUT2D eigenvalue weighted by atomic mass is 9.74. The van der Waals surface area contributed by atoms with Crippen molar-refractivity contribution < 1.29 is 10.2 Å². The summed E-state index contributed by atoms with van der Waals surface area (Å²) in [5, 5.41) is 18.7. The fourth-order valence-electron chi connectivity index (χ4n) is 2.75. The van der Waals surface area contributed by atoms with E-state index >= 15 is 0 Å². The molecule has 0 aromatic heterocycles. The van der Waals surface area contributed by atoms with E-state index in [1.165, 1.54) is 19.3 Å². The van der Waals surface area contributed by atoms with E-state index in [9.17, 15) is 5.11 Å². The van der Waals surface area contributed by atoms with Crippen LogP contribution in [-0.4, -0.2) is 47.5 Å². The minimum atomic E-state index is 0.0949. The minimum absolute atomic E-state index is 0.0949. The van der Waals surface area contributed by atoms with Crippen molar-refractivity contribution in [1.29, 1.82) is 0 Å². The van der Waals surface area contributed by atoms with Gasteiger partial charge in [0, 0.05) is 31.2 Å². The minimum Gasteiger partial charge on any atom is -0.396 e. The average Bonchev–Trinajstić information content (AvgIpc) is 2.29. The van der Waals surface area contributed by atoms with Crippen LogP contribution in [0.25, 0.3) is 0 Å². The topological polar surface area (TPSA) is 43.7 Å². The summed E-state index contributed by atoms with van der Waals surface area (Å²) >= 11 is 0. The van der Waals surface area contributed by atoms with E-state index in [4.69, 9.17) is 5.11 Å². The largest absolute Gasteiger partial charge is 0.396 e. The van der Waals surface area contributed by atoms with E-state index in [1.807, 2.05) is 0 Å². The lowest BCUT2D eigenvalue weighted by molar-refractivity contribution is 0.0240. The van der Waals surface area contributed by atoms with Gasteiger partial charge in [-0.15, -0.1) is 0 Å². The van der Waals surface area contributed by atoms with Gasteiger partial charge in [-0.05, 0) is 26.7 Å². The molecule has 0 aromatic carbocycles. The van der Waals surface area contributed by atoms with Crippen LogP contribution in [-0.2, 0) is 0 Å². The molecule has 2 N–H and O–H groups in total. The van der Waals surface area contributed by atoms with Gasteiger partial charge in [0.2, 0.25) is 0 Å². The Balaban J connectivity index is 2.57. The number of rotatable bonds is 6. The monoisotopic (exact) mass is 229 g/mol. The number of hydrogen-bond acceptors (Lipinski definition) is 3. The average molecular weight is 229 g/mol. The molecule has 0 heterocycles. The second-order valence-electron chi connectivity index (χ2n) is 5.51. The molecule has 0 amide bonds. The third kappa shape index (κ3) is 3.72. The van der Waals surface area contributed by atoms with Gasteiger partial charge in [-0.2, -0.15) is 0 Å². The van der Waals surface area contributed by atoms with Gasteiger partial charge in [0.15, 0.2) is 0 Å². The molecular formula is C13H27NO2. The zero-order valence-electron chi connectivity index (χ0n) is 10.8. The van der Waals surface area contributed by atoms with Crippen LogP contribution in [0, 0.1) is 5.41 Å². The van der Waals surface area contributed by atoms with Gasteiger partial charge in [0.05, 0.1) is 6.61 Å². The molecule has 1 fully saturated rings. The Morgan fingerprint density at radius 1 is 1.12 bits per heavy atom. The second-order valence-corrected chi connectivity index (χ2v) is 5.51. The van der Waals surface area contributed by atoms with Gasteiger partial charge in [-0.3, -0.25) is 4.90 Å². The molecule has 0 spiro atoms. The van der Waals surface area contributed by atoms with E-state index in [0.717, 1.165) is 25.9 Å². The molecule has 1 saturated carbocycles. The Kier molecular flexibility index (Phi) is 5.73. The van der Waals surface area contributed by atoms with Crippen LogP contribution in [0.2, 0.25) is 0 Å². The highest BCUT2D eigenvalue weighted by Gasteiger charge is 2.33. The molecule has 1 rings (SSSR count). The third-order valence-electron chi connectivity index (χ3n) is 3.91. The first-order valence-electron chi connectivity index (χ1n) is 6.59. The zero-order chi connectivity index (χ0) is 12.0. The molecule has 0 bridgehead atoms. The molecule has 96 valence electrons. The Morgan fingerprint density at radius 3 is 2.19 bits per heavy atom. The van der Waals surface area contributed by atoms with E-state index in [-0.39, 0.29) is 12.0 Å². The zero-order valence-corrected chi connectivity index (χ0v) is 10.8. The van der Waals surface area contributed by atoms with Crippen LogP contribution in [0.3, 0.4) is 0 Å². The van der Waals surface area contributed by atoms with Crippen molar-refractivity contribution >= 4 is 0 Å². The van der Waals surface area contributed by atoms with E-state index in [0.29, 0.717) is 12.6 Å². The Hall–Kier alpha value is -0.120. The van der Waals surface area contributed by atoms with Gasteiger partial charge in [0.1, 0.15) is 0 Å². The fraction of sp³-hybridized carbons (Fsp3) is 1.00. The number of aliphatic hydroxyl groups is 2. The van der Waals surface area contributed by atoms with Crippen LogP contribution in [0.15, 0.2) is 0 Å². The maximum absolute atomic E-state index is 9.65. The summed E-state index contributed by atoms with van der Waals surface area (Å²) in [6.07, 6.45) is 6.07. The first-order valence-corrected chi connectivity index (χ1v) is 6.59. The highest BCUT2D eigenvalue weighted by molar-refractivity contribution is 4.86. The van der Waals surface area contributed by atoms with Crippen LogP contribution < -0.4 is 0 Å². The Bertz CT molecular complexity index is 188. The molecular weight excluding hydrogens is 202 g/mol. The van der Waals surface area contributed by atoms with Gasteiger partial charge in [0.25, 0.3) is 0 Å². The quantitative estimate of drug-likeness (QED) is 0.727. The predicted molar refractivity (Wildman–Crippen MR) is 66.4 cm³/mol. The first-order chi connectivity index (χ1) is 7.63.